The Labute approximate surface area is 615 Å². The highest BCUT2D eigenvalue weighted by atomic mass is 32.2. The van der Waals surface area contributed by atoms with E-state index in [9.17, 15) is 101 Å². The van der Waals surface area contributed by atoms with Crippen molar-refractivity contribution in [2.24, 2.45) is 20.4 Å². The standard InChI is InChI=1S/C21H20F3N3O5S.C20H14F3N3O2.2C16H19F3N2O3/c22-21(23,24)20(29)14-18(15-5-2-1-3-6-15)25-27(20)19(28)16-7-4-8-17(13-16)33(30,31)26-9-11-32-12-10-26;21-20(22,23)19(28)10-11-24-26(19)18(27)15-12-17(13-6-2-1-3-7-13)25-16-9-5-4-8-14(15)16;1-14(2,3)11-4-6-12(7-5-11)24-10-13(22)21-15(23,8-9-20-21)16(17,18)19;1-10(2)12-4-5-13(11(3)8-12)24-9-14(22)21-15(23,6-7-20-21)16(17,18)19/h1-8,13,29H,9-12,14H2;1-9,11-12,28H,10H2;4-7,9,23H,8,10H2,1-3H3;4-5,7-8,10,23H,6,9H2,1-3H3. The Morgan fingerprint density at radius 1 is 0.550 bits per heavy atom. The summed E-state index contributed by atoms with van der Waals surface area (Å²) < 4.78 is 202. The van der Waals surface area contributed by atoms with Gasteiger partial charge in [0.2, 0.25) is 10.0 Å². The molecule has 4 unspecified atom stereocenters. The highest BCUT2D eigenvalue weighted by molar-refractivity contribution is 7.89. The minimum Gasteiger partial charge on any atom is -0.484 e. The van der Waals surface area contributed by atoms with Gasteiger partial charge in [0.1, 0.15) is 11.5 Å². The topological polar surface area (TPSA) is 290 Å². The summed E-state index contributed by atoms with van der Waals surface area (Å²) in [5.41, 5.74) is -9.32. The Kier molecular flexibility index (Phi) is 24.4. The third-order valence-electron chi connectivity index (χ3n) is 17.5. The summed E-state index contributed by atoms with van der Waals surface area (Å²) in [7, 11) is -3.99. The number of carbonyl (C=O) groups is 4. The van der Waals surface area contributed by atoms with Crippen LogP contribution in [0.25, 0.3) is 22.2 Å². The number of alkyl halides is 12. The number of ether oxygens (including phenoxy) is 3. The SMILES string of the molecule is CC(C)(C)c1ccc(OCC(=O)N2N=CCC2(O)C(F)(F)F)cc1.Cc1cc(C(C)C)ccc1OCC(=O)N1N=CCC1(O)C(F)(F)F.O=C(c1cc(-c2ccccc2)nc2ccccc12)N1N=CCC1(O)C(F)(F)F.O=C(c1cccc(S(=O)(=O)N2CCOCC2)c1)N1N=C(c2ccccc2)CC1(O)C(F)(F)F. The number of benzene rings is 6. The van der Waals surface area contributed by atoms with Crippen molar-refractivity contribution in [2.75, 3.05) is 39.5 Å². The molecule has 1 fully saturated rings. The van der Waals surface area contributed by atoms with Crippen molar-refractivity contribution >= 4 is 68.9 Å². The number of amides is 4. The predicted molar refractivity (Wildman–Crippen MR) is 372 cm³/mol. The molecule has 5 aliphatic heterocycles. The summed E-state index contributed by atoms with van der Waals surface area (Å²) in [6.07, 6.45) is -21.1. The molecule has 4 atom stereocenters. The van der Waals surface area contributed by atoms with Crippen molar-refractivity contribution in [1.29, 1.82) is 0 Å². The van der Waals surface area contributed by atoms with E-state index in [4.69, 9.17) is 14.2 Å². The van der Waals surface area contributed by atoms with Gasteiger partial charge in [-0.1, -0.05) is 144 Å². The number of aryl methyl sites for hydroxylation is 1. The van der Waals surface area contributed by atoms with E-state index < -0.39 is 120 Å². The summed E-state index contributed by atoms with van der Waals surface area (Å²) >= 11 is 0. The van der Waals surface area contributed by atoms with Crippen LogP contribution >= 0.6 is 0 Å². The molecule has 1 aromatic heterocycles. The number of morpholine rings is 1. The Hall–Kier alpha value is -10.2. The average Bonchev–Trinajstić information content (AvgIpc) is 1.67. The zero-order valence-corrected chi connectivity index (χ0v) is 59.6. The highest BCUT2D eigenvalue weighted by Crippen LogP contribution is 2.45. The van der Waals surface area contributed by atoms with E-state index >= 15 is 0 Å². The van der Waals surface area contributed by atoms with Gasteiger partial charge in [-0.05, 0) is 89.0 Å². The summed E-state index contributed by atoms with van der Waals surface area (Å²) in [5, 5.41) is 54.5. The van der Waals surface area contributed by atoms with Crippen LogP contribution in [0.2, 0.25) is 0 Å². The fraction of sp³-hybridized carbons (Fsp3) is 0.356. The normalized spacial score (nSPS) is 21.0. The minimum absolute atomic E-state index is 0.0181. The van der Waals surface area contributed by atoms with Crippen LogP contribution in [-0.2, 0) is 29.8 Å². The number of hydrogen-bond donors (Lipinski definition) is 4. The maximum absolute atomic E-state index is 13.8. The molecule has 4 N–H and O–H groups in total. The van der Waals surface area contributed by atoms with Gasteiger partial charge in [0.15, 0.2) is 13.2 Å². The molecule has 23 nitrogen and oxygen atoms in total. The van der Waals surface area contributed by atoms with Gasteiger partial charge < -0.3 is 34.6 Å². The molecule has 6 heterocycles. The summed E-state index contributed by atoms with van der Waals surface area (Å²) in [6, 6.07) is 41.9. The molecular weight excluding hydrogens is 1480 g/mol. The minimum atomic E-state index is -5.21. The van der Waals surface area contributed by atoms with Crippen LogP contribution < -0.4 is 9.47 Å². The zero-order chi connectivity index (χ0) is 80.1. The van der Waals surface area contributed by atoms with Crippen LogP contribution in [0.1, 0.15) is 109 Å². The molecule has 7 aromatic rings. The van der Waals surface area contributed by atoms with Crippen molar-refractivity contribution in [1.82, 2.24) is 29.3 Å². The summed E-state index contributed by atoms with van der Waals surface area (Å²) in [5.74, 6) is -3.43. The number of para-hydroxylation sites is 1. The largest absolute Gasteiger partial charge is 0.484 e. The van der Waals surface area contributed by atoms with Crippen LogP contribution in [0, 0.1) is 6.92 Å². The fourth-order valence-corrected chi connectivity index (χ4v) is 12.7. The van der Waals surface area contributed by atoms with Crippen LogP contribution in [0.3, 0.4) is 0 Å². The first kappa shape index (κ1) is 82.8. The number of pyridine rings is 1. The lowest BCUT2D eigenvalue weighted by Crippen LogP contribution is -2.57. The maximum Gasteiger partial charge on any atom is 0.438 e. The Bertz CT molecular complexity index is 4720. The van der Waals surface area contributed by atoms with Gasteiger partial charge in [-0.25, -0.2) is 13.4 Å². The van der Waals surface area contributed by atoms with Gasteiger partial charge in [-0.3, -0.25) is 19.2 Å². The van der Waals surface area contributed by atoms with Gasteiger partial charge >= 0.3 is 24.7 Å². The number of hydrogen-bond acceptors (Lipinski definition) is 18. The average molecular weight is 1560 g/mol. The molecule has 0 radical (unpaired) electrons. The molecule has 0 saturated carbocycles. The number of aliphatic hydroxyl groups is 4. The molecule has 0 bridgehead atoms. The molecule has 582 valence electrons. The number of hydrazone groups is 4. The van der Waals surface area contributed by atoms with Crippen molar-refractivity contribution in [2.45, 2.75) is 131 Å². The van der Waals surface area contributed by atoms with E-state index in [1.807, 2.05) is 65.0 Å². The first-order chi connectivity index (χ1) is 50.9. The van der Waals surface area contributed by atoms with Crippen molar-refractivity contribution < 1.29 is 115 Å². The Morgan fingerprint density at radius 3 is 1.56 bits per heavy atom. The zero-order valence-electron chi connectivity index (χ0n) is 58.8. The van der Waals surface area contributed by atoms with E-state index in [0.717, 1.165) is 41.4 Å². The number of fused-ring (bicyclic) bond motifs is 1. The van der Waals surface area contributed by atoms with Crippen LogP contribution in [-0.4, -0.2) is 193 Å². The first-order valence-corrected chi connectivity index (χ1v) is 34.6. The van der Waals surface area contributed by atoms with Gasteiger partial charge in [0.25, 0.3) is 46.5 Å². The van der Waals surface area contributed by atoms with Crippen molar-refractivity contribution in [3.8, 4) is 22.8 Å². The quantitative estimate of drug-likeness (QED) is 0.0781. The van der Waals surface area contributed by atoms with Gasteiger partial charge in [-0.2, -0.15) is 97.4 Å². The van der Waals surface area contributed by atoms with Crippen LogP contribution in [0.5, 0.6) is 11.5 Å². The van der Waals surface area contributed by atoms with Gasteiger partial charge in [-0.15, -0.1) is 0 Å². The van der Waals surface area contributed by atoms with E-state index in [-0.39, 0.29) is 73.5 Å². The number of carbonyl (C=O) groups excluding carboxylic acids is 4. The molecule has 1 saturated heterocycles. The second-order valence-corrected chi connectivity index (χ2v) is 28.5. The predicted octanol–water partition coefficient (Wildman–Crippen LogP) is 12.0. The smallest absolute Gasteiger partial charge is 0.438 e. The molecule has 12 rings (SSSR count). The molecular formula is C73H72F12N10O13S. The number of aromatic nitrogens is 1. The number of sulfonamides is 1. The lowest BCUT2D eigenvalue weighted by molar-refractivity contribution is -0.302. The van der Waals surface area contributed by atoms with Gasteiger partial charge in [0.05, 0.1) is 47.0 Å². The van der Waals surface area contributed by atoms with Crippen molar-refractivity contribution in [3.63, 3.8) is 0 Å². The van der Waals surface area contributed by atoms with Crippen LogP contribution in [0.15, 0.2) is 183 Å². The monoisotopic (exact) mass is 1560 g/mol. The maximum atomic E-state index is 13.8. The third-order valence-corrected chi connectivity index (χ3v) is 19.4. The lowest BCUT2D eigenvalue weighted by Gasteiger charge is -2.32. The first-order valence-electron chi connectivity index (χ1n) is 33.2. The molecule has 0 spiro atoms. The molecule has 109 heavy (non-hydrogen) atoms. The Balaban J connectivity index is 0.000000169. The molecule has 5 aliphatic rings. The lowest BCUT2D eigenvalue weighted by atomic mass is 9.87. The fourth-order valence-electron chi connectivity index (χ4n) is 11.3. The van der Waals surface area contributed by atoms with E-state index in [1.165, 1.54) is 40.7 Å². The van der Waals surface area contributed by atoms with Crippen molar-refractivity contribution in [3.05, 3.63) is 191 Å². The van der Waals surface area contributed by atoms with Crippen LogP contribution in [0.4, 0.5) is 52.7 Å². The van der Waals surface area contributed by atoms with E-state index in [0.29, 0.717) is 45.1 Å². The summed E-state index contributed by atoms with van der Waals surface area (Å²) in [6.45, 7) is 11.3. The molecule has 4 amide bonds. The third kappa shape index (κ3) is 17.9. The summed E-state index contributed by atoms with van der Waals surface area (Å²) in [4.78, 5) is 54.3. The second kappa shape index (κ2) is 32.1. The highest BCUT2D eigenvalue weighted by Gasteiger charge is 2.65. The Morgan fingerprint density at radius 2 is 1.05 bits per heavy atom. The molecule has 6 aromatic carbocycles. The second-order valence-electron chi connectivity index (χ2n) is 26.5. The number of rotatable bonds is 13. The number of nitrogens with zero attached hydrogens (tertiary/aromatic N) is 10. The van der Waals surface area contributed by atoms with E-state index in [1.54, 1.807) is 91.9 Å². The van der Waals surface area contributed by atoms with E-state index in [2.05, 4.69) is 25.4 Å². The molecule has 0 aliphatic carbocycles. The number of halogens is 12. The molecule has 36 heteroatoms. The van der Waals surface area contributed by atoms with Gasteiger partial charge in [0, 0.05) is 67.5 Å².